The van der Waals surface area contributed by atoms with Gasteiger partial charge in [0.05, 0.1) is 11.1 Å². The predicted octanol–water partition coefficient (Wildman–Crippen LogP) is 3.54. The van der Waals surface area contributed by atoms with E-state index in [0.717, 1.165) is 16.3 Å². The van der Waals surface area contributed by atoms with Crippen molar-refractivity contribution < 1.29 is 9.90 Å². The minimum absolute atomic E-state index is 0.0876. The Morgan fingerprint density at radius 1 is 1.47 bits per heavy atom. The van der Waals surface area contributed by atoms with E-state index in [1.165, 1.54) is 0 Å². The molecule has 1 aromatic heterocycles. The zero-order chi connectivity index (χ0) is 12.6. The predicted molar refractivity (Wildman–Crippen MR) is 72.1 cm³/mol. The van der Waals surface area contributed by atoms with Crippen molar-refractivity contribution in [1.82, 2.24) is 4.98 Å². The van der Waals surface area contributed by atoms with Gasteiger partial charge in [-0.15, -0.1) is 0 Å². The number of carboxylic acid groups (broad SMARTS) is 1. The van der Waals surface area contributed by atoms with Gasteiger partial charge in [-0.3, -0.25) is 0 Å². The summed E-state index contributed by atoms with van der Waals surface area (Å²) in [7, 11) is 0. The van der Waals surface area contributed by atoms with Gasteiger partial charge < -0.3 is 10.1 Å². The Morgan fingerprint density at radius 3 is 2.76 bits per heavy atom. The van der Waals surface area contributed by atoms with Crippen LogP contribution in [0.3, 0.4) is 0 Å². The molecule has 2 rings (SSSR count). The lowest BCUT2D eigenvalue weighted by Crippen LogP contribution is -2.19. The number of carbonyl (C=O) groups is 1. The number of aromatic amines is 1. The molecular formula is C13H14BrNO2. The molecule has 0 amide bonds. The lowest BCUT2D eigenvalue weighted by Gasteiger charge is -2.23. The largest absolute Gasteiger partial charge is 0.478 e. The fraction of sp³-hybridized carbons (Fsp3) is 0.308. The number of aromatic carboxylic acids is 1. The van der Waals surface area contributed by atoms with Crippen molar-refractivity contribution >= 4 is 32.8 Å². The van der Waals surface area contributed by atoms with E-state index in [9.17, 15) is 9.90 Å². The first-order valence-corrected chi connectivity index (χ1v) is 6.49. The summed E-state index contributed by atoms with van der Waals surface area (Å²) >= 11 is 3.47. The SMILES string of the molecule is CC(C)(CBr)c1cc(C(=O)O)c2[nH]ccc2c1. The number of rotatable bonds is 3. The lowest BCUT2D eigenvalue weighted by atomic mass is 9.85. The molecule has 0 bridgehead atoms. The highest BCUT2D eigenvalue weighted by molar-refractivity contribution is 9.09. The minimum Gasteiger partial charge on any atom is -0.478 e. The highest BCUT2D eigenvalue weighted by Crippen LogP contribution is 2.30. The summed E-state index contributed by atoms with van der Waals surface area (Å²) in [5.74, 6) is -0.898. The van der Waals surface area contributed by atoms with Crippen molar-refractivity contribution in [2.75, 3.05) is 5.33 Å². The van der Waals surface area contributed by atoms with Crippen molar-refractivity contribution in [2.24, 2.45) is 0 Å². The first kappa shape index (κ1) is 12.2. The Hall–Kier alpha value is -1.29. The van der Waals surface area contributed by atoms with Gasteiger partial charge in [-0.05, 0) is 29.2 Å². The molecular weight excluding hydrogens is 282 g/mol. The van der Waals surface area contributed by atoms with Crippen LogP contribution in [-0.4, -0.2) is 21.4 Å². The second kappa shape index (κ2) is 4.18. The number of halogens is 1. The van der Waals surface area contributed by atoms with Gasteiger partial charge in [-0.25, -0.2) is 4.79 Å². The average Bonchev–Trinajstić information content (AvgIpc) is 2.75. The summed E-state index contributed by atoms with van der Waals surface area (Å²) in [5.41, 5.74) is 1.96. The molecule has 17 heavy (non-hydrogen) atoms. The van der Waals surface area contributed by atoms with Crippen LogP contribution in [0.1, 0.15) is 29.8 Å². The molecule has 0 saturated carbocycles. The van der Waals surface area contributed by atoms with Crippen LogP contribution < -0.4 is 0 Å². The molecule has 90 valence electrons. The zero-order valence-electron chi connectivity index (χ0n) is 9.75. The van der Waals surface area contributed by atoms with E-state index in [4.69, 9.17) is 0 Å². The van der Waals surface area contributed by atoms with Crippen molar-refractivity contribution in [2.45, 2.75) is 19.3 Å². The summed E-state index contributed by atoms with van der Waals surface area (Å²) < 4.78 is 0. The standard InChI is InChI=1S/C13H14BrNO2/c1-13(2,7-14)9-5-8-3-4-15-11(8)10(6-9)12(16)17/h3-6,15H,7H2,1-2H3,(H,16,17). The van der Waals surface area contributed by atoms with Crippen LogP contribution in [0.4, 0.5) is 0 Å². The average molecular weight is 296 g/mol. The molecule has 0 spiro atoms. The normalized spacial score (nSPS) is 11.9. The monoisotopic (exact) mass is 295 g/mol. The van der Waals surface area contributed by atoms with Crippen LogP contribution in [0, 0.1) is 0 Å². The van der Waals surface area contributed by atoms with Gasteiger partial charge in [0.1, 0.15) is 0 Å². The van der Waals surface area contributed by atoms with Crippen LogP contribution in [0.25, 0.3) is 10.9 Å². The number of alkyl halides is 1. The van der Waals surface area contributed by atoms with Gasteiger partial charge in [0.15, 0.2) is 0 Å². The van der Waals surface area contributed by atoms with Crippen molar-refractivity contribution in [3.63, 3.8) is 0 Å². The molecule has 4 heteroatoms. The van der Waals surface area contributed by atoms with Gasteiger partial charge in [-0.1, -0.05) is 29.8 Å². The molecule has 2 N–H and O–H groups in total. The maximum Gasteiger partial charge on any atom is 0.337 e. The quantitative estimate of drug-likeness (QED) is 0.851. The van der Waals surface area contributed by atoms with E-state index >= 15 is 0 Å². The van der Waals surface area contributed by atoms with Crippen LogP contribution in [0.5, 0.6) is 0 Å². The maximum absolute atomic E-state index is 11.2. The van der Waals surface area contributed by atoms with Crippen LogP contribution >= 0.6 is 15.9 Å². The molecule has 1 aromatic carbocycles. The van der Waals surface area contributed by atoms with Gasteiger partial charge in [0.25, 0.3) is 0 Å². The Morgan fingerprint density at radius 2 is 2.18 bits per heavy atom. The molecule has 0 radical (unpaired) electrons. The first-order valence-electron chi connectivity index (χ1n) is 5.36. The number of H-pyrrole nitrogens is 1. The molecule has 0 aliphatic rings. The number of fused-ring (bicyclic) bond motifs is 1. The van der Waals surface area contributed by atoms with Gasteiger partial charge >= 0.3 is 5.97 Å². The van der Waals surface area contributed by atoms with E-state index in [1.54, 1.807) is 12.3 Å². The Labute approximate surface area is 108 Å². The van der Waals surface area contributed by atoms with Gasteiger partial charge in [0, 0.05) is 16.9 Å². The molecule has 0 aliphatic carbocycles. The van der Waals surface area contributed by atoms with Gasteiger partial charge in [0.2, 0.25) is 0 Å². The number of carboxylic acids is 1. The Bertz CT molecular complexity index is 572. The van der Waals surface area contributed by atoms with E-state index in [0.29, 0.717) is 11.1 Å². The summed E-state index contributed by atoms with van der Waals surface area (Å²) in [6, 6.07) is 5.69. The number of hydrogen-bond donors (Lipinski definition) is 2. The smallest absolute Gasteiger partial charge is 0.337 e. The molecule has 3 nitrogen and oxygen atoms in total. The molecule has 0 unspecified atom stereocenters. The van der Waals surface area contributed by atoms with Crippen molar-refractivity contribution in [1.29, 1.82) is 0 Å². The van der Waals surface area contributed by atoms with E-state index in [-0.39, 0.29) is 5.41 Å². The molecule has 0 fully saturated rings. The summed E-state index contributed by atoms with van der Waals surface area (Å²) in [4.78, 5) is 14.2. The third kappa shape index (κ3) is 2.09. The number of benzene rings is 1. The topological polar surface area (TPSA) is 53.1 Å². The van der Waals surface area contributed by atoms with Crippen LogP contribution in [0.15, 0.2) is 24.4 Å². The first-order chi connectivity index (χ1) is 7.95. The number of aromatic nitrogens is 1. The number of nitrogens with one attached hydrogen (secondary N) is 1. The zero-order valence-corrected chi connectivity index (χ0v) is 11.3. The van der Waals surface area contributed by atoms with E-state index in [2.05, 4.69) is 34.8 Å². The fourth-order valence-electron chi connectivity index (χ4n) is 1.81. The van der Waals surface area contributed by atoms with E-state index in [1.807, 2.05) is 12.1 Å². The summed E-state index contributed by atoms with van der Waals surface area (Å²) in [6.45, 7) is 4.17. The van der Waals surface area contributed by atoms with E-state index < -0.39 is 5.97 Å². The van der Waals surface area contributed by atoms with Crippen LogP contribution in [0.2, 0.25) is 0 Å². The lowest BCUT2D eigenvalue weighted by molar-refractivity contribution is 0.0698. The fourth-order valence-corrected chi connectivity index (χ4v) is 2.13. The molecule has 0 aliphatic heterocycles. The second-order valence-electron chi connectivity index (χ2n) is 4.79. The van der Waals surface area contributed by atoms with Crippen LogP contribution in [-0.2, 0) is 5.41 Å². The Kier molecular flexibility index (Phi) is 3.00. The summed E-state index contributed by atoms with van der Waals surface area (Å²) in [6.07, 6.45) is 1.77. The Balaban J connectivity index is 2.71. The minimum atomic E-state index is -0.898. The third-order valence-electron chi connectivity index (χ3n) is 3.01. The molecule has 0 atom stereocenters. The molecule has 0 saturated heterocycles. The molecule has 2 aromatic rings. The third-order valence-corrected chi connectivity index (χ3v) is 4.41. The summed E-state index contributed by atoms with van der Waals surface area (Å²) in [5, 5.41) is 11.0. The molecule has 1 heterocycles. The second-order valence-corrected chi connectivity index (χ2v) is 5.35. The van der Waals surface area contributed by atoms with Gasteiger partial charge in [-0.2, -0.15) is 0 Å². The maximum atomic E-state index is 11.2. The number of hydrogen-bond acceptors (Lipinski definition) is 1. The highest BCUT2D eigenvalue weighted by Gasteiger charge is 2.22. The van der Waals surface area contributed by atoms with Crippen molar-refractivity contribution in [3.8, 4) is 0 Å². The van der Waals surface area contributed by atoms with Crippen molar-refractivity contribution in [3.05, 3.63) is 35.5 Å². The highest BCUT2D eigenvalue weighted by atomic mass is 79.9.